The van der Waals surface area contributed by atoms with Crippen molar-refractivity contribution in [3.63, 3.8) is 0 Å². The summed E-state index contributed by atoms with van der Waals surface area (Å²) in [4.78, 5) is 17.7. The van der Waals surface area contributed by atoms with Gasteiger partial charge in [-0.05, 0) is 42.3 Å². The van der Waals surface area contributed by atoms with Gasteiger partial charge in [0.2, 0.25) is 0 Å². The van der Waals surface area contributed by atoms with Crippen molar-refractivity contribution in [2.45, 2.75) is 19.8 Å². The van der Waals surface area contributed by atoms with Gasteiger partial charge in [0, 0.05) is 16.6 Å². The summed E-state index contributed by atoms with van der Waals surface area (Å²) in [5, 5.41) is 3.45. The van der Waals surface area contributed by atoms with Crippen LogP contribution in [0.3, 0.4) is 0 Å². The van der Waals surface area contributed by atoms with Crippen LogP contribution in [0.5, 0.6) is 11.5 Å². The molecule has 0 saturated carbocycles. The van der Waals surface area contributed by atoms with Crippen LogP contribution in [-0.2, 0) is 0 Å². The number of amides is 1. The summed E-state index contributed by atoms with van der Waals surface area (Å²) in [5.41, 5.74) is 0.566. The smallest absolute Gasteiger partial charge is 0.257 e. The topological polar surface area (TPSA) is 51.2 Å². The molecule has 1 amide bonds. The molecule has 1 N–H and O–H groups in total. The van der Waals surface area contributed by atoms with Crippen LogP contribution >= 0.6 is 11.3 Å². The number of nitrogens with one attached hydrogen (secondary N) is 1. The number of carbonyl (C=O) groups excluding carboxylic acids is 1. The van der Waals surface area contributed by atoms with Gasteiger partial charge in [0.05, 0.1) is 0 Å². The number of nitrogens with zero attached hydrogens (tertiary/aromatic N) is 1. The standard InChI is InChI=1S/C19H18N2O2S/c1-13(2)17-12-20-19(24-17)21-18(22)14-8-10-16(11-9-14)23-15-6-4-3-5-7-15/h3-13H,1-2H3,(H,20,21,22). The first-order chi connectivity index (χ1) is 11.6. The largest absolute Gasteiger partial charge is 0.457 e. The summed E-state index contributed by atoms with van der Waals surface area (Å²) in [6.45, 7) is 4.20. The first-order valence-electron chi connectivity index (χ1n) is 7.72. The lowest BCUT2D eigenvalue weighted by atomic mass is 10.2. The number of hydrogen-bond donors (Lipinski definition) is 1. The molecule has 0 unspecified atom stereocenters. The van der Waals surface area contributed by atoms with Crippen LogP contribution < -0.4 is 10.1 Å². The lowest BCUT2D eigenvalue weighted by Crippen LogP contribution is -2.11. The van der Waals surface area contributed by atoms with Crippen LogP contribution in [0.4, 0.5) is 5.13 Å². The van der Waals surface area contributed by atoms with E-state index in [9.17, 15) is 4.79 Å². The number of para-hydroxylation sites is 1. The molecule has 24 heavy (non-hydrogen) atoms. The second-order valence-electron chi connectivity index (χ2n) is 5.62. The van der Waals surface area contributed by atoms with E-state index >= 15 is 0 Å². The molecule has 3 rings (SSSR count). The number of thiazole rings is 1. The third-order valence-corrected chi connectivity index (χ3v) is 4.62. The van der Waals surface area contributed by atoms with Crippen molar-refractivity contribution in [1.82, 2.24) is 4.98 Å². The summed E-state index contributed by atoms with van der Waals surface area (Å²) in [5.74, 6) is 1.68. The van der Waals surface area contributed by atoms with Gasteiger partial charge in [0.15, 0.2) is 5.13 Å². The van der Waals surface area contributed by atoms with E-state index in [1.165, 1.54) is 11.3 Å². The van der Waals surface area contributed by atoms with Crippen LogP contribution in [0.2, 0.25) is 0 Å². The molecule has 0 aliphatic rings. The maximum absolute atomic E-state index is 12.3. The molecule has 0 atom stereocenters. The molecule has 0 radical (unpaired) electrons. The number of ether oxygens (including phenoxy) is 1. The maximum Gasteiger partial charge on any atom is 0.257 e. The molecule has 4 nitrogen and oxygen atoms in total. The highest BCUT2D eigenvalue weighted by atomic mass is 32.1. The van der Waals surface area contributed by atoms with Crippen LogP contribution in [0.1, 0.15) is 35.0 Å². The SMILES string of the molecule is CC(C)c1cnc(NC(=O)c2ccc(Oc3ccccc3)cc2)s1. The minimum Gasteiger partial charge on any atom is -0.457 e. The van der Waals surface area contributed by atoms with Gasteiger partial charge in [0.1, 0.15) is 11.5 Å². The molecule has 1 heterocycles. The Bertz CT molecular complexity index is 811. The molecule has 0 spiro atoms. The van der Waals surface area contributed by atoms with Crippen LogP contribution in [0, 0.1) is 0 Å². The molecule has 0 fully saturated rings. The van der Waals surface area contributed by atoms with Crippen LogP contribution in [0.15, 0.2) is 60.8 Å². The third-order valence-electron chi connectivity index (χ3n) is 3.41. The fraction of sp³-hybridized carbons (Fsp3) is 0.158. The molecular formula is C19H18N2O2S. The molecule has 1 aromatic heterocycles. The number of aromatic nitrogens is 1. The van der Waals surface area contributed by atoms with Gasteiger partial charge in [-0.1, -0.05) is 32.0 Å². The second kappa shape index (κ2) is 7.27. The first kappa shape index (κ1) is 16.2. The highest BCUT2D eigenvalue weighted by Crippen LogP contribution is 2.26. The Morgan fingerprint density at radius 3 is 2.33 bits per heavy atom. The fourth-order valence-electron chi connectivity index (χ4n) is 2.08. The molecule has 0 saturated heterocycles. The molecule has 122 valence electrons. The Morgan fingerprint density at radius 2 is 1.71 bits per heavy atom. The van der Waals surface area contributed by atoms with E-state index < -0.39 is 0 Å². The van der Waals surface area contributed by atoms with E-state index in [4.69, 9.17) is 4.74 Å². The molecule has 5 heteroatoms. The van der Waals surface area contributed by atoms with Crippen LogP contribution in [-0.4, -0.2) is 10.9 Å². The van der Waals surface area contributed by atoms with Crippen LogP contribution in [0.25, 0.3) is 0 Å². The second-order valence-corrected chi connectivity index (χ2v) is 6.68. The Kier molecular flexibility index (Phi) is 4.91. The summed E-state index contributed by atoms with van der Waals surface area (Å²) in [6, 6.07) is 16.6. The minimum absolute atomic E-state index is 0.175. The molecule has 0 bridgehead atoms. The van der Waals surface area contributed by atoms with Gasteiger partial charge in [-0.2, -0.15) is 0 Å². The predicted molar refractivity (Wildman–Crippen MR) is 97.1 cm³/mol. The highest BCUT2D eigenvalue weighted by Gasteiger charge is 2.10. The lowest BCUT2D eigenvalue weighted by Gasteiger charge is -2.06. The first-order valence-corrected chi connectivity index (χ1v) is 8.53. The van der Waals surface area contributed by atoms with Gasteiger partial charge in [-0.15, -0.1) is 11.3 Å². The third kappa shape index (κ3) is 4.00. The van der Waals surface area contributed by atoms with E-state index in [0.717, 1.165) is 10.6 Å². The van der Waals surface area contributed by atoms with E-state index in [2.05, 4.69) is 24.1 Å². The zero-order valence-corrected chi connectivity index (χ0v) is 14.3. The average Bonchev–Trinajstić information content (AvgIpc) is 3.05. The number of hydrogen-bond acceptors (Lipinski definition) is 4. The zero-order valence-electron chi connectivity index (χ0n) is 13.5. The average molecular weight is 338 g/mol. The Labute approximate surface area is 145 Å². The monoisotopic (exact) mass is 338 g/mol. The van der Waals surface area contributed by atoms with Crippen molar-refractivity contribution in [1.29, 1.82) is 0 Å². The summed E-state index contributed by atoms with van der Waals surface area (Å²) in [7, 11) is 0. The number of rotatable bonds is 5. The van der Waals surface area contributed by atoms with E-state index in [0.29, 0.717) is 22.4 Å². The summed E-state index contributed by atoms with van der Waals surface area (Å²) < 4.78 is 5.72. The Hall–Kier alpha value is -2.66. The quantitative estimate of drug-likeness (QED) is 0.686. The van der Waals surface area contributed by atoms with Gasteiger partial charge < -0.3 is 4.74 Å². The van der Waals surface area contributed by atoms with Gasteiger partial charge >= 0.3 is 0 Å². The Morgan fingerprint density at radius 1 is 1.04 bits per heavy atom. The number of anilines is 1. The molecule has 2 aromatic carbocycles. The van der Waals surface area contributed by atoms with E-state index in [-0.39, 0.29) is 5.91 Å². The lowest BCUT2D eigenvalue weighted by molar-refractivity contribution is 0.102. The summed E-state index contributed by atoms with van der Waals surface area (Å²) >= 11 is 1.50. The number of carbonyl (C=O) groups is 1. The summed E-state index contributed by atoms with van der Waals surface area (Å²) in [6.07, 6.45) is 1.81. The highest BCUT2D eigenvalue weighted by molar-refractivity contribution is 7.15. The number of benzene rings is 2. The van der Waals surface area contributed by atoms with Crippen molar-refractivity contribution in [3.8, 4) is 11.5 Å². The normalized spacial score (nSPS) is 10.6. The van der Waals surface area contributed by atoms with Gasteiger partial charge in [0.25, 0.3) is 5.91 Å². The molecule has 0 aliphatic heterocycles. The van der Waals surface area contributed by atoms with Crippen molar-refractivity contribution < 1.29 is 9.53 Å². The van der Waals surface area contributed by atoms with E-state index in [1.54, 1.807) is 24.3 Å². The Balaban J connectivity index is 1.65. The zero-order chi connectivity index (χ0) is 16.9. The van der Waals surface area contributed by atoms with Crippen molar-refractivity contribution in [2.75, 3.05) is 5.32 Å². The van der Waals surface area contributed by atoms with Crippen molar-refractivity contribution in [2.24, 2.45) is 0 Å². The van der Waals surface area contributed by atoms with Gasteiger partial charge in [-0.3, -0.25) is 10.1 Å². The molecule has 3 aromatic rings. The van der Waals surface area contributed by atoms with Crippen molar-refractivity contribution >= 4 is 22.4 Å². The van der Waals surface area contributed by atoms with Gasteiger partial charge in [-0.25, -0.2) is 4.98 Å². The maximum atomic E-state index is 12.3. The minimum atomic E-state index is -0.175. The van der Waals surface area contributed by atoms with E-state index in [1.807, 2.05) is 36.5 Å². The molecule has 0 aliphatic carbocycles. The predicted octanol–water partition coefficient (Wildman–Crippen LogP) is 5.31. The fourth-order valence-corrected chi connectivity index (χ4v) is 2.89. The molecular weight excluding hydrogens is 320 g/mol. The van der Waals surface area contributed by atoms with Crippen molar-refractivity contribution in [3.05, 3.63) is 71.2 Å².